The van der Waals surface area contributed by atoms with E-state index in [0.29, 0.717) is 11.0 Å². The number of benzene rings is 3. The van der Waals surface area contributed by atoms with Crippen molar-refractivity contribution >= 4 is 46.4 Å². The van der Waals surface area contributed by atoms with E-state index < -0.39 is 50.1 Å². The van der Waals surface area contributed by atoms with Gasteiger partial charge in [0.05, 0.1) is 43.3 Å². The molecule has 2 amide bonds. The van der Waals surface area contributed by atoms with E-state index in [2.05, 4.69) is 0 Å². The van der Waals surface area contributed by atoms with Gasteiger partial charge < -0.3 is 5.11 Å². The lowest BCUT2D eigenvalue weighted by Gasteiger charge is -2.23. The molecule has 33 heavy (non-hydrogen) atoms. The number of hydrogen-bond donors (Lipinski definition) is 1. The highest BCUT2D eigenvalue weighted by atomic mass is 35.5. The Morgan fingerprint density at radius 3 is 1.82 bits per heavy atom. The van der Waals surface area contributed by atoms with Gasteiger partial charge in [0.15, 0.2) is 0 Å². The molecule has 0 radical (unpaired) electrons. The molecular weight excluding hydrogens is 458 g/mol. The lowest BCUT2D eigenvalue weighted by atomic mass is 10.0. The average molecular weight is 470 g/mol. The number of non-ortho nitro benzene ring substituents is 2. The first-order valence-electron chi connectivity index (χ1n) is 9.01. The number of amides is 2. The zero-order chi connectivity index (χ0) is 24.3. The van der Waals surface area contributed by atoms with Crippen molar-refractivity contribution in [1.82, 2.24) is 0 Å². The Hall–Kier alpha value is -4.64. The van der Waals surface area contributed by atoms with Gasteiger partial charge >= 0.3 is 5.97 Å². The van der Waals surface area contributed by atoms with Gasteiger partial charge in [-0.05, 0) is 24.3 Å². The zero-order valence-corrected chi connectivity index (χ0v) is 17.1. The minimum absolute atomic E-state index is 0.0630. The fourth-order valence-electron chi connectivity index (χ4n) is 2.98. The molecule has 3 aromatic carbocycles. The maximum atomic E-state index is 13.4. The van der Waals surface area contributed by atoms with E-state index in [9.17, 15) is 39.7 Å². The highest BCUT2D eigenvalue weighted by Gasteiger charge is 2.32. The standard InChI is InChI=1S/C21H12ClN3O8/c22-17-7-3-4-8-18(17)23(20(27)15-5-1-2-6-16(15)21(28)29)19(26)12-9-13(24(30)31)11-14(10-12)25(32)33/h1-11H,(H,28,29). The van der Waals surface area contributed by atoms with Gasteiger partial charge in [0.25, 0.3) is 23.2 Å². The zero-order valence-electron chi connectivity index (χ0n) is 16.4. The predicted octanol–water partition coefficient (Wildman–Crippen LogP) is 4.34. The Balaban J connectivity index is 2.24. The van der Waals surface area contributed by atoms with Crippen LogP contribution in [0.2, 0.25) is 5.02 Å². The van der Waals surface area contributed by atoms with Crippen LogP contribution in [0, 0.1) is 20.2 Å². The number of nitro benzene ring substituents is 2. The maximum Gasteiger partial charge on any atom is 0.336 e. The molecule has 3 aromatic rings. The van der Waals surface area contributed by atoms with Crippen LogP contribution < -0.4 is 4.90 Å². The van der Waals surface area contributed by atoms with E-state index >= 15 is 0 Å². The van der Waals surface area contributed by atoms with Gasteiger partial charge in [-0.3, -0.25) is 29.8 Å². The number of halogens is 1. The van der Waals surface area contributed by atoms with Crippen LogP contribution in [0.1, 0.15) is 31.1 Å². The van der Waals surface area contributed by atoms with E-state index in [1.807, 2.05) is 0 Å². The number of imide groups is 1. The van der Waals surface area contributed by atoms with Crippen LogP contribution in [0.15, 0.2) is 66.7 Å². The van der Waals surface area contributed by atoms with Gasteiger partial charge in [0.1, 0.15) is 0 Å². The van der Waals surface area contributed by atoms with Crippen LogP contribution in [0.5, 0.6) is 0 Å². The maximum absolute atomic E-state index is 13.4. The Morgan fingerprint density at radius 1 is 0.788 bits per heavy atom. The summed E-state index contributed by atoms with van der Waals surface area (Å²) in [5.74, 6) is -3.71. The fraction of sp³-hybridized carbons (Fsp3) is 0. The molecule has 0 spiro atoms. The van der Waals surface area contributed by atoms with E-state index in [4.69, 9.17) is 11.6 Å². The summed E-state index contributed by atoms with van der Waals surface area (Å²) in [5, 5.41) is 31.8. The number of carboxylic acids is 1. The molecule has 0 aliphatic rings. The second-order valence-corrected chi connectivity index (χ2v) is 6.91. The van der Waals surface area contributed by atoms with Crippen molar-refractivity contribution in [3.05, 3.63) is 109 Å². The molecule has 0 bridgehead atoms. The van der Waals surface area contributed by atoms with Crippen molar-refractivity contribution in [2.75, 3.05) is 4.90 Å². The summed E-state index contributed by atoms with van der Waals surface area (Å²) in [7, 11) is 0. The number of nitrogens with zero attached hydrogens (tertiary/aromatic N) is 3. The predicted molar refractivity (Wildman–Crippen MR) is 116 cm³/mol. The third-order valence-electron chi connectivity index (χ3n) is 4.46. The Labute approximate surface area is 189 Å². The second kappa shape index (κ2) is 9.24. The molecule has 12 heteroatoms. The molecule has 0 fully saturated rings. The summed E-state index contributed by atoms with van der Waals surface area (Å²) < 4.78 is 0. The van der Waals surface area contributed by atoms with Gasteiger partial charge in [-0.2, -0.15) is 0 Å². The first-order chi connectivity index (χ1) is 15.6. The molecule has 3 rings (SSSR count). The lowest BCUT2D eigenvalue weighted by Crippen LogP contribution is -2.38. The van der Waals surface area contributed by atoms with Crippen LogP contribution in [0.25, 0.3) is 0 Å². The fourth-order valence-corrected chi connectivity index (χ4v) is 3.20. The van der Waals surface area contributed by atoms with Gasteiger partial charge in [-0.15, -0.1) is 0 Å². The summed E-state index contributed by atoms with van der Waals surface area (Å²) in [6, 6.07) is 12.9. The number of carbonyl (C=O) groups excluding carboxylic acids is 2. The van der Waals surface area contributed by atoms with Crippen LogP contribution in [0.4, 0.5) is 17.1 Å². The number of anilines is 1. The lowest BCUT2D eigenvalue weighted by molar-refractivity contribution is -0.394. The number of carboxylic acid groups (broad SMARTS) is 1. The molecule has 0 heterocycles. The Bertz CT molecular complexity index is 1290. The Kier molecular flexibility index (Phi) is 6.45. The molecular formula is C21H12ClN3O8. The number of nitro groups is 2. The highest BCUT2D eigenvalue weighted by Crippen LogP contribution is 2.31. The van der Waals surface area contributed by atoms with Gasteiger partial charge in [-0.1, -0.05) is 35.9 Å². The van der Waals surface area contributed by atoms with E-state index in [1.165, 1.54) is 42.5 Å². The molecule has 0 aliphatic heterocycles. The summed E-state index contributed by atoms with van der Waals surface area (Å²) in [5.41, 5.74) is -2.95. The SMILES string of the molecule is O=C(O)c1ccccc1C(=O)N(C(=O)c1cc([N+](=O)[O-])cc([N+](=O)[O-])c1)c1ccccc1Cl. The van der Waals surface area contributed by atoms with Crippen LogP contribution in [0.3, 0.4) is 0 Å². The van der Waals surface area contributed by atoms with Crippen molar-refractivity contribution in [3.8, 4) is 0 Å². The minimum atomic E-state index is -1.43. The summed E-state index contributed by atoms with van der Waals surface area (Å²) in [6.45, 7) is 0. The molecule has 0 saturated heterocycles. The molecule has 0 aromatic heterocycles. The minimum Gasteiger partial charge on any atom is -0.478 e. The number of rotatable bonds is 6. The molecule has 0 saturated carbocycles. The summed E-state index contributed by atoms with van der Waals surface area (Å²) in [6.07, 6.45) is 0. The van der Waals surface area contributed by atoms with E-state index in [-0.39, 0.29) is 16.3 Å². The normalized spacial score (nSPS) is 10.3. The summed E-state index contributed by atoms with van der Waals surface area (Å²) in [4.78, 5) is 59.5. The number of para-hydroxylation sites is 1. The first kappa shape index (κ1) is 23.0. The third kappa shape index (κ3) is 4.67. The van der Waals surface area contributed by atoms with Crippen LogP contribution in [-0.4, -0.2) is 32.7 Å². The largest absolute Gasteiger partial charge is 0.478 e. The molecule has 1 N–H and O–H groups in total. The molecule has 0 aliphatic carbocycles. The average Bonchev–Trinajstić information content (AvgIpc) is 2.79. The molecule has 11 nitrogen and oxygen atoms in total. The van der Waals surface area contributed by atoms with Crippen molar-refractivity contribution in [1.29, 1.82) is 0 Å². The van der Waals surface area contributed by atoms with Crippen molar-refractivity contribution < 1.29 is 29.3 Å². The van der Waals surface area contributed by atoms with E-state index in [1.54, 1.807) is 0 Å². The molecule has 166 valence electrons. The highest BCUT2D eigenvalue weighted by molar-refractivity contribution is 6.37. The Morgan fingerprint density at radius 2 is 1.30 bits per heavy atom. The van der Waals surface area contributed by atoms with Gasteiger partial charge in [0.2, 0.25) is 0 Å². The van der Waals surface area contributed by atoms with Crippen molar-refractivity contribution in [3.63, 3.8) is 0 Å². The number of aromatic carboxylic acids is 1. The number of carbonyl (C=O) groups is 3. The van der Waals surface area contributed by atoms with Gasteiger partial charge in [-0.25, -0.2) is 9.69 Å². The first-order valence-corrected chi connectivity index (χ1v) is 9.39. The van der Waals surface area contributed by atoms with Crippen molar-refractivity contribution in [2.24, 2.45) is 0 Å². The second-order valence-electron chi connectivity index (χ2n) is 6.50. The third-order valence-corrected chi connectivity index (χ3v) is 4.78. The number of hydrogen-bond acceptors (Lipinski definition) is 7. The smallest absolute Gasteiger partial charge is 0.336 e. The summed E-state index contributed by atoms with van der Waals surface area (Å²) >= 11 is 6.17. The quantitative estimate of drug-likeness (QED) is 0.316. The van der Waals surface area contributed by atoms with E-state index in [0.717, 1.165) is 18.2 Å². The topological polar surface area (TPSA) is 161 Å². The van der Waals surface area contributed by atoms with Gasteiger partial charge in [0, 0.05) is 12.1 Å². The molecule has 0 atom stereocenters. The monoisotopic (exact) mass is 469 g/mol. The van der Waals surface area contributed by atoms with Crippen LogP contribution in [-0.2, 0) is 0 Å². The van der Waals surface area contributed by atoms with Crippen molar-refractivity contribution in [2.45, 2.75) is 0 Å². The molecule has 0 unspecified atom stereocenters. The van der Waals surface area contributed by atoms with Crippen LogP contribution >= 0.6 is 11.6 Å².